The summed E-state index contributed by atoms with van der Waals surface area (Å²) in [5.41, 5.74) is 0.904. The third-order valence-electron chi connectivity index (χ3n) is 4.01. The monoisotopic (exact) mass is 401 g/mol. The molecule has 1 aromatic carbocycles. The van der Waals surface area contributed by atoms with E-state index < -0.39 is 5.97 Å². The minimum Gasteiger partial charge on any atom is -0.493 e. The lowest BCUT2D eigenvalue weighted by Gasteiger charge is -2.19. The number of esters is 2. The van der Waals surface area contributed by atoms with Crippen LogP contribution in [0.3, 0.4) is 0 Å². The topological polar surface area (TPSA) is 78.2 Å². The number of carbonyl (C=O) groups is 2. The SMILES string of the molecule is CCOC(=O)CCN(C/C=C/c1ccc(OC(C)=O)c(OC)c1)Cc1ccco1. The number of hydrogen-bond donors (Lipinski definition) is 0. The predicted molar refractivity (Wildman–Crippen MR) is 109 cm³/mol. The first-order valence-corrected chi connectivity index (χ1v) is 9.45. The zero-order valence-electron chi connectivity index (χ0n) is 17.1. The zero-order valence-corrected chi connectivity index (χ0v) is 17.1. The Hall–Kier alpha value is -3.06. The first kappa shape index (κ1) is 22.2. The number of methoxy groups -OCH3 is 1. The molecule has 0 aliphatic heterocycles. The fraction of sp³-hybridized carbons (Fsp3) is 0.364. The maximum atomic E-state index is 11.7. The van der Waals surface area contributed by atoms with Crippen molar-refractivity contribution in [1.82, 2.24) is 4.90 Å². The van der Waals surface area contributed by atoms with Crippen LogP contribution in [0.15, 0.2) is 47.1 Å². The molecule has 0 fully saturated rings. The number of benzene rings is 1. The van der Waals surface area contributed by atoms with Gasteiger partial charge in [0.1, 0.15) is 5.76 Å². The van der Waals surface area contributed by atoms with E-state index in [1.54, 1.807) is 25.3 Å². The van der Waals surface area contributed by atoms with E-state index in [0.717, 1.165) is 11.3 Å². The summed E-state index contributed by atoms with van der Waals surface area (Å²) in [7, 11) is 1.52. The van der Waals surface area contributed by atoms with E-state index >= 15 is 0 Å². The summed E-state index contributed by atoms with van der Waals surface area (Å²) >= 11 is 0. The van der Waals surface area contributed by atoms with Gasteiger partial charge in [0.25, 0.3) is 0 Å². The quantitative estimate of drug-likeness (QED) is 0.420. The molecule has 7 nitrogen and oxygen atoms in total. The number of hydrogen-bond acceptors (Lipinski definition) is 7. The largest absolute Gasteiger partial charge is 0.493 e. The van der Waals surface area contributed by atoms with E-state index in [2.05, 4.69) is 4.90 Å². The molecule has 0 aliphatic rings. The van der Waals surface area contributed by atoms with Crippen molar-refractivity contribution in [2.24, 2.45) is 0 Å². The summed E-state index contributed by atoms with van der Waals surface area (Å²) in [6.45, 7) is 5.28. The minimum absolute atomic E-state index is 0.216. The molecular weight excluding hydrogens is 374 g/mol. The van der Waals surface area contributed by atoms with Crippen molar-refractivity contribution < 1.29 is 28.2 Å². The number of nitrogens with zero attached hydrogens (tertiary/aromatic N) is 1. The van der Waals surface area contributed by atoms with E-state index in [9.17, 15) is 9.59 Å². The van der Waals surface area contributed by atoms with Crippen molar-refractivity contribution in [3.8, 4) is 11.5 Å². The lowest BCUT2D eigenvalue weighted by molar-refractivity contribution is -0.143. The average molecular weight is 401 g/mol. The van der Waals surface area contributed by atoms with E-state index in [1.165, 1.54) is 14.0 Å². The molecule has 0 saturated heterocycles. The van der Waals surface area contributed by atoms with Crippen LogP contribution >= 0.6 is 0 Å². The Kier molecular flexibility index (Phi) is 8.98. The van der Waals surface area contributed by atoms with Crippen LogP contribution in [0.25, 0.3) is 6.08 Å². The van der Waals surface area contributed by atoms with E-state index in [0.29, 0.717) is 44.2 Å². The number of ether oxygens (including phenoxy) is 3. The van der Waals surface area contributed by atoms with E-state index in [1.807, 2.05) is 30.4 Å². The molecule has 0 spiro atoms. The lowest BCUT2D eigenvalue weighted by Crippen LogP contribution is -2.26. The Morgan fingerprint density at radius 3 is 2.69 bits per heavy atom. The first-order chi connectivity index (χ1) is 14.0. The summed E-state index contributed by atoms with van der Waals surface area (Å²) in [5.74, 6) is 1.08. The molecule has 0 amide bonds. The van der Waals surface area contributed by atoms with Crippen LogP contribution in [-0.2, 0) is 20.9 Å². The molecule has 0 atom stereocenters. The molecule has 0 saturated carbocycles. The standard InChI is InChI=1S/C22H27NO6/c1-4-27-22(25)11-13-23(16-19-8-6-14-28-19)12-5-7-18-9-10-20(29-17(2)24)21(15-18)26-3/h5-10,14-15H,4,11-13,16H2,1-3H3/b7-5+. The molecule has 1 heterocycles. The molecular formula is C22H27NO6. The second kappa shape index (κ2) is 11.7. The van der Waals surface area contributed by atoms with Gasteiger partial charge in [-0.25, -0.2) is 0 Å². The van der Waals surface area contributed by atoms with Gasteiger partial charge in [-0.15, -0.1) is 0 Å². The van der Waals surface area contributed by atoms with Crippen LogP contribution in [0, 0.1) is 0 Å². The molecule has 0 radical (unpaired) electrons. The number of rotatable bonds is 11. The molecule has 0 bridgehead atoms. The maximum absolute atomic E-state index is 11.7. The lowest BCUT2D eigenvalue weighted by atomic mass is 10.2. The van der Waals surface area contributed by atoms with Gasteiger partial charge >= 0.3 is 11.9 Å². The van der Waals surface area contributed by atoms with Crippen LogP contribution in [-0.4, -0.2) is 43.6 Å². The Morgan fingerprint density at radius 1 is 1.21 bits per heavy atom. The number of furan rings is 1. The molecule has 7 heteroatoms. The predicted octanol–water partition coefficient (Wildman–Crippen LogP) is 3.68. The van der Waals surface area contributed by atoms with Crippen molar-refractivity contribution in [2.75, 3.05) is 26.8 Å². The van der Waals surface area contributed by atoms with Gasteiger partial charge in [0.15, 0.2) is 11.5 Å². The molecule has 156 valence electrons. The Balaban J connectivity index is 2.01. The Bertz CT molecular complexity index is 813. The minimum atomic E-state index is -0.401. The maximum Gasteiger partial charge on any atom is 0.308 e. The summed E-state index contributed by atoms with van der Waals surface area (Å²) in [5, 5.41) is 0. The van der Waals surface area contributed by atoms with Crippen LogP contribution in [0.1, 0.15) is 31.6 Å². The van der Waals surface area contributed by atoms with Crippen LogP contribution < -0.4 is 9.47 Å². The summed E-state index contributed by atoms with van der Waals surface area (Å²) < 4.78 is 20.8. The van der Waals surface area contributed by atoms with Crippen molar-refractivity contribution in [1.29, 1.82) is 0 Å². The van der Waals surface area contributed by atoms with Crippen molar-refractivity contribution >= 4 is 18.0 Å². The molecule has 0 aliphatic carbocycles. The highest BCUT2D eigenvalue weighted by molar-refractivity contribution is 5.71. The molecule has 0 unspecified atom stereocenters. The fourth-order valence-electron chi connectivity index (χ4n) is 2.71. The molecule has 0 N–H and O–H groups in total. The third kappa shape index (κ3) is 7.83. The Labute approximate surface area is 170 Å². The van der Waals surface area contributed by atoms with Crippen molar-refractivity contribution in [2.45, 2.75) is 26.8 Å². The highest BCUT2D eigenvalue weighted by Crippen LogP contribution is 2.28. The number of carbonyl (C=O) groups excluding carboxylic acids is 2. The van der Waals surface area contributed by atoms with Gasteiger partial charge in [-0.2, -0.15) is 0 Å². The first-order valence-electron chi connectivity index (χ1n) is 9.45. The highest BCUT2D eigenvalue weighted by Gasteiger charge is 2.11. The normalized spacial score (nSPS) is 11.0. The molecule has 29 heavy (non-hydrogen) atoms. The van der Waals surface area contributed by atoms with Crippen molar-refractivity contribution in [3.63, 3.8) is 0 Å². The second-order valence-corrected chi connectivity index (χ2v) is 6.28. The van der Waals surface area contributed by atoms with Crippen molar-refractivity contribution in [3.05, 3.63) is 54.0 Å². The van der Waals surface area contributed by atoms with Gasteiger partial charge < -0.3 is 18.6 Å². The summed E-state index contributed by atoms with van der Waals surface area (Å²) in [6.07, 6.45) is 5.88. The molecule has 2 rings (SSSR count). The van der Waals surface area contributed by atoms with Gasteiger partial charge in [-0.05, 0) is 36.8 Å². The van der Waals surface area contributed by atoms with Crippen LogP contribution in [0.4, 0.5) is 0 Å². The smallest absolute Gasteiger partial charge is 0.308 e. The van der Waals surface area contributed by atoms with Crippen LogP contribution in [0.2, 0.25) is 0 Å². The van der Waals surface area contributed by atoms with Gasteiger partial charge in [0.05, 0.1) is 32.9 Å². The van der Waals surface area contributed by atoms with Gasteiger partial charge in [0, 0.05) is 20.0 Å². The van der Waals surface area contributed by atoms with Gasteiger partial charge in [-0.3, -0.25) is 14.5 Å². The fourth-order valence-corrected chi connectivity index (χ4v) is 2.71. The molecule has 1 aromatic heterocycles. The average Bonchev–Trinajstić information content (AvgIpc) is 3.20. The second-order valence-electron chi connectivity index (χ2n) is 6.28. The van der Waals surface area contributed by atoms with Gasteiger partial charge in [-0.1, -0.05) is 18.2 Å². The Morgan fingerprint density at radius 2 is 2.03 bits per heavy atom. The third-order valence-corrected chi connectivity index (χ3v) is 4.01. The van der Waals surface area contributed by atoms with E-state index in [-0.39, 0.29) is 5.97 Å². The zero-order chi connectivity index (χ0) is 21.1. The summed E-state index contributed by atoms with van der Waals surface area (Å²) in [4.78, 5) is 24.9. The van der Waals surface area contributed by atoms with Crippen LogP contribution in [0.5, 0.6) is 11.5 Å². The summed E-state index contributed by atoms with van der Waals surface area (Å²) in [6, 6.07) is 9.07. The highest BCUT2D eigenvalue weighted by atomic mass is 16.6. The molecule has 2 aromatic rings. The van der Waals surface area contributed by atoms with E-state index in [4.69, 9.17) is 18.6 Å². The van der Waals surface area contributed by atoms with Gasteiger partial charge in [0.2, 0.25) is 0 Å².